The molecule has 1 aromatic carbocycles. The van der Waals surface area contributed by atoms with Crippen LogP contribution in [-0.2, 0) is 19.5 Å². The fraction of sp³-hybridized carbons (Fsp3) is 0.467. The van der Waals surface area contributed by atoms with Crippen LogP contribution in [0.15, 0.2) is 30.6 Å². The highest BCUT2D eigenvalue weighted by Gasteiger charge is 2.28. The molecule has 0 aliphatic carbocycles. The van der Waals surface area contributed by atoms with Gasteiger partial charge in [0.1, 0.15) is 17.9 Å². The predicted molar refractivity (Wildman–Crippen MR) is 77.0 cm³/mol. The molecule has 1 atom stereocenters. The molecule has 0 saturated heterocycles. The highest BCUT2D eigenvalue weighted by molar-refractivity contribution is 5.27. The molecule has 23 heavy (non-hydrogen) atoms. The van der Waals surface area contributed by atoms with Crippen LogP contribution in [0.4, 0.5) is 13.2 Å². The Kier molecular flexibility index (Phi) is 4.51. The highest BCUT2D eigenvalue weighted by Crippen LogP contribution is 2.19. The maximum absolute atomic E-state index is 12.1. The van der Waals surface area contributed by atoms with Crippen LogP contribution in [0.3, 0.4) is 0 Å². The molecule has 2 heterocycles. The zero-order chi connectivity index (χ0) is 16.3. The molecule has 2 aromatic rings. The smallest absolute Gasteiger partial charge is 0.422 e. The Morgan fingerprint density at radius 2 is 2.04 bits per heavy atom. The highest BCUT2D eigenvalue weighted by atomic mass is 19.4. The van der Waals surface area contributed by atoms with Crippen molar-refractivity contribution in [3.8, 4) is 5.75 Å². The average Bonchev–Trinajstić information content (AvgIpc) is 2.99. The number of alkyl halides is 3. The summed E-state index contributed by atoms with van der Waals surface area (Å²) in [5.74, 6) is 1.23. The Balaban J connectivity index is 1.47. The van der Waals surface area contributed by atoms with Crippen molar-refractivity contribution in [2.75, 3.05) is 6.61 Å². The van der Waals surface area contributed by atoms with Crippen LogP contribution in [0, 0.1) is 0 Å². The lowest BCUT2D eigenvalue weighted by atomic mass is 10.1. The lowest BCUT2D eigenvalue weighted by Crippen LogP contribution is -2.37. The van der Waals surface area contributed by atoms with Crippen molar-refractivity contribution in [3.05, 3.63) is 42.0 Å². The number of ether oxygens (including phenoxy) is 1. The molecule has 1 aliphatic heterocycles. The van der Waals surface area contributed by atoms with Gasteiger partial charge in [0, 0.05) is 19.0 Å². The number of hydrogen-bond donors (Lipinski definition) is 1. The molecule has 1 unspecified atom stereocenters. The molecule has 0 fully saturated rings. The Hall–Kier alpha value is -2.09. The Morgan fingerprint density at radius 1 is 1.26 bits per heavy atom. The van der Waals surface area contributed by atoms with Gasteiger partial charge < -0.3 is 10.1 Å². The van der Waals surface area contributed by atoms with Crippen molar-refractivity contribution < 1.29 is 17.9 Å². The first kappa shape index (κ1) is 15.8. The van der Waals surface area contributed by atoms with E-state index in [1.807, 2.05) is 4.68 Å². The van der Waals surface area contributed by atoms with Crippen molar-refractivity contribution in [2.45, 2.75) is 38.1 Å². The van der Waals surface area contributed by atoms with E-state index in [9.17, 15) is 13.2 Å². The lowest BCUT2D eigenvalue weighted by Gasteiger charge is -2.23. The zero-order valence-electron chi connectivity index (χ0n) is 12.4. The van der Waals surface area contributed by atoms with E-state index in [2.05, 4.69) is 20.1 Å². The largest absolute Gasteiger partial charge is 0.484 e. The second kappa shape index (κ2) is 6.57. The minimum absolute atomic E-state index is 0.219. The molecule has 5 nitrogen and oxygen atoms in total. The fourth-order valence-electron chi connectivity index (χ4n) is 2.54. The number of hydrogen-bond acceptors (Lipinski definition) is 4. The van der Waals surface area contributed by atoms with Gasteiger partial charge in [-0.05, 0) is 24.1 Å². The lowest BCUT2D eigenvalue weighted by molar-refractivity contribution is -0.153. The van der Waals surface area contributed by atoms with Crippen molar-refractivity contribution in [2.24, 2.45) is 0 Å². The molecular formula is C15H17F3N4O. The van der Waals surface area contributed by atoms with Crippen LogP contribution in [0.1, 0.15) is 17.8 Å². The summed E-state index contributed by atoms with van der Waals surface area (Å²) < 4.78 is 42.8. The minimum atomic E-state index is -4.32. The van der Waals surface area contributed by atoms with E-state index in [4.69, 9.17) is 0 Å². The van der Waals surface area contributed by atoms with E-state index in [0.29, 0.717) is 12.6 Å². The van der Waals surface area contributed by atoms with Crippen molar-refractivity contribution in [3.63, 3.8) is 0 Å². The van der Waals surface area contributed by atoms with Gasteiger partial charge in [0.2, 0.25) is 0 Å². The summed E-state index contributed by atoms with van der Waals surface area (Å²) in [6, 6.07) is 6.95. The van der Waals surface area contributed by atoms with Crippen LogP contribution >= 0.6 is 0 Å². The third-order valence-electron chi connectivity index (χ3n) is 3.73. The monoisotopic (exact) mass is 326 g/mol. The van der Waals surface area contributed by atoms with Crippen LogP contribution < -0.4 is 10.1 Å². The molecule has 124 valence electrons. The van der Waals surface area contributed by atoms with Crippen LogP contribution in [0.5, 0.6) is 5.75 Å². The Labute approximate surface area is 131 Å². The van der Waals surface area contributed by atoms with E-state index in [1.165, 1.54) is 0 Å². The van der Waals surface area contributed by atoms with Gasteiger partial charge in [-0.15, -0.1) is 0 Å². The first-order valence-electron chi connectivity index (χ1n) is 7.38. The van der Waals surface area contributed by atoms with E-state index in [-0.39, 0.29) is 5.75 Å². The Morgan fingerprint density at radius 3 is 2.78 bits per heavy atom. The van der Waals surface area contributed by atoms with Gasteiger partial charge in [-0.1, -0.05) is 12.1 Å². The summed E-state index contributed by atoms with van der Waals surface area (Å²) in [4.78, 5) is 4.18. The van der Waals surface area contributed by atoms with Crippen molar-refractivity contribution in [1.82, 2.24) is 20.1 Å². The van der Waals surface area contributed by atoms with Crippen molar-refractivity contribution in [1.29, 1.82) is 0 Å². The van der Waals surface area contributed by atoms with Crippen LogP contribution in [0.25, 0.3) is 0 Å². The normalized spacial score (nSPS) is 17.8. The molecule has 0 bridgehead atoms. The molecule has 1 aliphatic rings. The molecule has 1 N–H and O–H groups in total. The predicted octanol–water partition coefficient (Wildman–Crippen LogP) is 2.32. The summed E-state index contributed by atoms with van der Waals surface area (Å²) >= 11 is 0. The minimum Gasteiger partial charge on any atom is -0.484 e. The molecule has 1 aromatic heterocycles. The zero-order valence-corrected chi connectivity index (χ0v) is 12.4. The third kappa shape index (κ3) is 4.44. The molecule has 0 radical (unpaired) electrons. The summed E-state index contributed by atoms with van der Waals surface area (Å²) in [6.07, 6.45) is -0.869. The van der Waals surface area contributed by atoms with Gasteiger partial charge in [-0.25, -0.2) is 9.67 Å². The molecule has 0 amide bonds. The topological polar surface area (TPSA) is 52.0 Å². The van der Waals surface area contributed by atoms with Gasteiger partial charge in [0.25, 0.3) is 0 Å². The summed E-state index contributed by atoms with van der Waals surface area (Å²) in [6.45, 7) is 0.156. The third-order valence-corrected chi connectivity index (χ3v) is 3.73. The number of aryl methyl sites for hydroxylation is 1. The molecule has 3 rings (SSSR count). The first-order valence-corrected chi connectivity index (χ1v) is 7.38. The van der Waals surface area contributed by atoms with Gasteiger partial charge in [0.05, 0.1) is 6.54 Å². The van der Waals surface area contributed by atoms with Gasteiger partial charge in [0.15, 0.2) is 6.61 Å². The SMILES string of the molecule is FC(F)(F)COc1ccc(CNC2CCc3ncnn3C2)cc1. The number of halogens is 3. The summed E-state index contributed by atoms with van der Waals surface area (Å²) in [7, 11) is 0. The number of rotatable bonds is 5. The number of benzene rings is 1. The number of fused-ring (bicyclic) bond motifs is 1. The van der Waals surface area contributed by atoms with E-state index >= 15 is 0 Å². The average molecular weight is 326 g/mol. The number of nitrogens with zero attached hydrogens (tertiary/aromatic N) is 3. The van der Waals surface area contributed by atoms with E-state index in [1.54, 1.807) is 30.6 Å². The summed E-state index contributed by atoms with van der Waals surface area (Å²) in [5.41, 5.74) is 0.994. The second-order valence-electron chi connectivity index (χ2n) is 5.52. The van der Waals surface area contributed by atoms with E-state index < -0.39 is 12.8 Å². The molecule has 0 spiro atoms. The quantitative estimate of drug-likeness (QED) is 0.916. The standard InChI is InChI=1S/C15H17F3N4O/c16-15(17,18)9-23-13-4-1-11(2-5-13)7-19-12-3-6-14-20-10-21-22(14)8-12/h1-2,4-5,10,12,19H,3,6-9H2. The van der Waals surface area contributed by atoms with Crippen LogP contribution in [0.2, 0.25) is 0 Å². The molecule has 8 heteroatoms. The Bertz CT molecular complexity index is 639. The fourth-order valence-corrected chi connectivity index (χ4v) is 2.54. The maximum atomic E-state index is 12.1. The first-order chi connectivity index (χ1) is 11.0. The van der Waals surface area contributed by atoms with Crippen LogP contribution in [-0.4, -0.2) is 33.6 Å². The summed E-state index contributed by atoms with van der Waals surface area (Å²) in [5, 5.41) is 7.61. The van der Waals surface area contributed by atoms with Gasteiger partial charge >= 0.3 is 6.18 Å². The molecular weight excluding hydrogens is 309 g/mol. The maximum Gasteiger partial charge on any atom is 0.422 e. The van der Waals surface area contributed by atoms with Gasteiger partial charge in [-0.2, -0.15) is 18.3 Å². The van der Waals surface area contributed by atoms with E-state index in [0.717, 1.165) is 30.8 Å². The number of aromatic nitrogens is 3. The van der Waals surface area contributed by atoms with Crippen molar-refractivity contribution >= 4 is 0 Å². The molecule has 0 saturated carbocycles. The van der Waals surface area contributed by atoms with Gasteiger partial charge in [-0.3, -0.25) is 0 Å². The number of nitrogens with one attached hydrogen (secondary N) is 1. The second-order valence-corrected chi connectivity index (χ2v) is 5.52.